The zero-order chi connectivity index (χ0) is 14.2. The van der Waals surface area contributed by atoms with Gasteiger partial charge in [-0.1, -0.05) is 19.8 Å². The van der Waals surface area contributed by atoms with Crippen LogP contribution in [0.3, 0.4) is 0 Å². The van der Waals surface area contributed by atoms with E-state index >= 15 is 0 Å². The Kier molecular flexibility index (Phi) is 4.07. The number of carbonyl (C=O) groups excluding carboxylic acids is 1. The summed E-state index contributed by atoms with van der Waals surface area (Å²) in [4.78, 5) is 14.9. The Morgan fingerprint density at radius 1 is 1.25 bits per heavy atom. The van der Waals surface area contributed by atoms with Crippen molar-refractivity contribution in [2.24, 2.45) is 11.3 Å². The molecule has 3 rings (SSSR count). The Morgan fingerprint density at radius 3 is 2.80 bits per heavy atom. The molecule has 3 aliphatic rings. The van der Waals surface area contributed by atoms with Gasteiger partial charge < -0.3 is 4.74 Å². The van der Waals surface area contributed by atoms with Crippen molar-refractivity contribution in [3.05, 3.63) is 0 Å². The lowest BCUT2D eigenvalue weighted by Crippen LogP contribution is -2.51. The van der Waals surface area contributed by atoms with E-state index < -0.39 is 0 Å². The SMILES string of the molecule is CCOC(=O)[C@@H]1C[C@@H]2CCC[C@@]3(CC)CCCCN1[C@@H]23. The predicted molar refractivity (Wildman–Crippen MR) is 79.4 cm³/mol. The van der Waals surface area contributed by atoms with Gasteiger partial charge >= 0.3 is 5.97 Å². The number of hydrogen-bond donors (Lipinski definition) is 0. The van der Waals surface area contributed by atoms with Crippen molar-refractivity contribution in [2.75, 3.05) is 13.2 Å². The average molecular weight is 279 g/mol. The molecule has 1 saturated carbocycles. The summed E-state index contributed by atoms with van der Waals surface area (Å²) in [6.07, 6.45) is 10.3. The molecule has 3 heteroatoms. The molecule has 0 bridgehead atoms. The first-order valence-corrected chi connectivity index (χ1v) is 8.64. The second-order valence-electron chi connectivity index (χ2n) is 7.01. The van der Waals surface area contributed by atoms with E-state index in [9.17, 15) is 4.79 Å². The van der Waals surface area contributed by atoms with E-state index in [0.29, 0.717) is 18.1 Å². The van der Waals surface area contributed by atoms with E-state index in [1.54, 1.807) is 0 Å². The lowest BCUT2D eigenvalue weighted by Gasteiger charge is -2.47. The van der Waals surface area contributed by atoms with Crippen LogP contribution >= 0.6 is 0 Å². The molecule has 2 heterocycles. The van der Waals surface area contributed by atoms with Crippen LogP contribution in [0, 0.1) is 11.3 Å². The standard InChI is InChI=1S/C17H29NO2/c1-3-17-9-5-6-11-18-14(16(19)20-4-2)12-13(15(17)18)8-7-10-17/h13-15H,3-12H2,1-2H3/t13-,14-,15-,17+/m0/s1. The molecule has 0 unspecified atom stereocenters. The first kappa shape index (κ1) is 14.4. The highest BCUT2D eigenvalue weighted by Crippen LogP contribution is 2.54. The summed E-state index contributed by atoms with van der Waals surface area (Å²) in [6.45, 7) is 5.89. The monoisotopic (exact) mass is 279 g/mol. The van der Waals surface area contributed by atoms with Gasteiger partial charge in [0.15, 0.2) is 0 Å². The molecule has 2 aliphatic heterocycles. The zero-order valence-electron chi connectivity index (χ0n) is 13.1. The minimum Gasteiger partial charge on any atom is -0.465 e. The lowest BCUT2D eigenvalue weighted by molar-refractivity contribution is -0.149. The summed E-state index contributed by atoms with van der Waals surface area (Å²) in [5.41, 5.74) is 0.487. The van der Waals surface area contributed by atoms with Crippen LogP contribution in [0.2, 0.25) is 0 Å². The van der Waals surface area contributed by atoms with Crippen molar-refractivity contribution >= 4 is 5.97 Å². The quantitative estimate of drug-likeness (QED) is 0.742. The Labute approximate surface area is 123 Å². The van der Waals surface area contributed by atoms with Gasteiger partial charge in [-0.15, -0.1) is 0 Å². The highest BCUT2D eigenvalue weighted by Gasteiger charge is 2.55. The van der Waals surface area contributed by atoms with Crippen LogP contribution in [0.1, 0.15) is 65.2 Å². The minimum absolute atomic E-state index is 0.0359. The number of carbonyl (C=O) groups is 1. The zero-order valence-corrected chi connectivity index (χ0v) is 13.1. The molecule has 0 N–H and O–H groups in total. The van der Waals surface area contributed by atoms with Crippen molar-refractivity contribution in [3.63, 3.8) is 0 Å². The average Bonchev–Trinajstić information content (AvgIpc) is 2.72. The molecule has 0 radical (unpaired) electrons. The van der Waals surface area contributed by atoms with E-state index in [-0.39, 0.29) is 12.0 Å². The molecule has 1 aliphatic carbocycles. The van der Waals surface area contributed by atoms with Crippen LogP contribution in [0.4, 0.5) is 0 Å². The molecule has 0 aromatic heterocycles. The number of hydrogen-bond acceptors (Lipinski definition) is 3. The summed E-state index contributed by atoms with van der Waals surface area (Å²) in [6, 6.07) is 0.699. The highest BCUT2D eigenvalue weighted by molar-refractivity contribution is 5.76. The van der Waals surface area contributed by atoms with Crippen LogP contribution in [0.5, 0.6) is 0 Å². The molecule has 0 aromatic rings. The third-order valence-corrected chi connectivity index (χ3v) is 6.21. The van der Waals surface area contributed by atoms with Crippen molar-refractivity contribution in [1.82, 2.24) is 4.90 Å². The summed E-state index contributed by atoms with van der Waals surface area (Å²) in [5, 5.41) is 0. The molecule has 114 valence electrons. The van der Waals surface area contributed by atoms with Crippen molar-refractivity contribution < 1.29 is 9.53 Å². The summed E-state index contributed by atoms with van der Waals surface area (Å²) < 4.78 is 5.35. The van der Waals surface area contributed by atoms with Gasteiger partial charge in [0, 0.05) is 6.04 Å². The smallest absolute Gasteiger partial charge is 0.323 e. The normalized spacial score (nSPS) is 41.0. The molecular weight excluding hydrogens is 250 g/mol. The fourth-order valence-corrected chi connectivity index (χ4v) is 5.38. The molecule has 20 heavy (non-hydrogen) atoms. The molecule has 0 amide bonds. The van der Waals surface area contributed by atoms with Gasteiger partial charge in [0.05, 0.1) is 6.61 Å². The first-order valence-electron chi connectivity index (χ1n) is 8.64. The van der Waals surface area contributed by atoms with Gasteiger partial charge in [0.2, 0.25) is 0 Å². The van der Waals surface area contributed by atoms with Crippen LogP contribution in [0.25, 0.3) is 0 Å². The number of esters is 1. The van der Waals surface area contributed by atoms with Crippen molar-refractivity contribution in [1.29, 1.82) is 0 Å². The van der Waals surface area contributed by atoms with E-state index in [1.165, 1.54) is 44.9 Å². The van der Waals surface area contributed by atoms with Gasteiger partial charge in [-0.2, -0.15) is 0 Å². The second kappa shape index (κ2) is 5.67. The van der Waals surface area contributed by atoms with Gasteiger partial charge in [0.1, 0.15) is 6.04 Å². The summed E-state index contributed by atoms with van der Waals surface area (Å²) >= 11 is 0. The maximum absolute atomic E-state index is 12.3. The molecule has 0 aromatic carbocycles. The Balaban J connectivity index is 1.89. The van der Waals surface area contributed by atoms with E-state index in [1.807, 2.05) is 6.92 Å². The number of ether oxygens (including phenoxy) is 1. The first-order chi connectivity index (χ1) is 9.72. The maximum atomic E-state index is 12.3. The Morgan fingerprint density at radius 2 is 2.05 bits per heavy atom. The van der Waals surface area contributed by atoms with Gasteiger partial charge in [-0.05, 0) is 63.3 Å². The number of rotatable bonds is 3. The van der Waals surface area contributed by atoms with Crippen LogP contribution in [-0.2, 0) is 9.53 Å². The van der Waals surface area contributed by atoms with Crippen LogP contribution in [0.15, 0.2) is 0 Å². The minimum atomic E-state index is 0.0359. The predicted octanol–water partition coefficient (Wildman–Crippen LogP) is 3.37. The van der Waals surface area contributed by atoms with Gasteiger partial charge in [0.25, 0.3) is 0 Å². The molecular formula is C17H29NO2. The second-order valence-corrected chi connectivity index (χ2v) is 7.01. The van der Waals surface area contributed by atoms with E-state index in [2.05, 4.69) is 11.8 Å². The fraction of sp³-hybridized carbons (Fsp3) is 0.941. The van der Waals surface area contributed by atoms with Crippen molar-refractivity contribution in [2.45, 2.75) is 77.3 Å². The topological polar surface area (TPSA) is 29.5 Å². The summed E-state index contributed by atoms with van der Waals surface area (Å²) in [5.74, 6) is 0.769. The largest absolute Gasteiger partial charge is 0.465 e. The Hall–Kier alpha value is -0.570. The molecule has 3 fully saturated rings. The number of nitrogens with zero attached hydrogens (tertiary/aromatic N) is 1. The van der Waals surface area contributed by atoms with E-state index in [4.69, 9.17) is 4.74 Å². The van der Waals surface area contributed by atoms with E-state index in [0.717, 1.165) is 18.9 Å². The molecule has 0 spiro atoms. The highest BCUT2D eigenvalue weighted by atomic mass is 16.5. The van der Waals surface area contributed by atoms with Gasteiger partial charge in [-0.25, -0.2) is 0 Å². The van der Waals surface area contributed by atoms with Crippen molar-refractivity contribution in [3.8, 4) is 0 Å². The fourth-order valence-electron chi connectivity index (χ4n) is 5.38. The molecule has 4 atom stereocenters. The maximum Gasteiger partial charge on any atom is 0.323 e. The van der Waals surface area contributed by atoms with Gasteiger partial charge in [-0.3, -0.25) is 9.69 Å². The molecule has 3 nitrogen and oxygen atoms in total. The third-order valence-electron chi connectivity index (χ3n) is 6.21. The van der Waals surface area contributed by atoms with Crippen LogP contribution < -0.4 is 0 Å². The molecule has 2 saturated heterocycles. The lowest BCUT2D eigenvalue weighted by atomic mass is 9.63. The Bertz CT molecular complexity index is 370. The summed E-state index contributed by atoms with van der Waals surface area (Å²) in [7, 11) is 0. The third kappa shape index (κ3) is 2.18. The van der Waals surface area contributed by atoms with Crippen LogP contribution in [-0.4, -0.2) is 36.1 Å².